The topological polar surface area (TPSA) is 12.0 Å². The van der Waals surface area contributed by atoms with Gasteiger partial charge in [0, 0.05) is 6.04 Å². The summed E-state index contributed by atoms with van der Waals surface area (Å²) in [7, 11) is 0. The van der Waals surface area contributed by atoms with Crippen molar-refractivity contribution >= 4 is 0 Å². The van der Waals surface area contributed by atoms with Gasteiger partial charge in [-0.05, 0) is 49.4 Å². The lowest BCUT2D eigenvalue weighted by Gasteiger charge is -2.34. The Balaban J connectivity index is 2.02. The van der Waals surface area contributed by atoms with Crippen molar-refractivity contribution in [2.24, 2.45) is 5.92 Å². The molecular formula is C14H19F2N. The lowest BCUT2D eigenvalue weighted by molar-refractivity contribution is 0.229. The minimum absolute atomic E-state index is 0.401. The smallest absolute Gasteiger partial charge is 0.159 e. The van der Waals surface area contributed by atoms with Crippen LogP contribution in [0.2, 0.25) is 0 Å². The predicted molar refractivity (Wildman–Crippen MR) is 64.9 cm³/mol. The molecule has 2 rings (SSSR count). The van der Waals surface area contributed by atoms with Gasteiger partial charge in [-0.3, -0.25) is 0 Å². The molecule has 1 saturated carbocycles. The third kappa shape index (κ3) is 3.03. The summed E-state index contributed by atoms with van der Waals surface area (Å²) in [5.41, 5.74) is 0.877. The maximum Gasteiger partial charge on any atom is 0.159 e. The minimum atomic E-state index is -0.766. The third-order valence-corrected chi connectivity index (χ3v) is 3.62. The molecule has 0 amide bonds. The number of nitrogens with one attached hydrogen (secondary N) is 1. The summed E-state index contributed by atoms with van der Waals surface area (Å²) in [6.07, 6.45) is 4.59. The van der Waals surface area contributed by atoms with Crippen LogP contribution in [-0.2, 0) is 6.42 Å². The lowest BCUT2D eigenvalue weighted by atomic mass is 9.77. The van der Waals surface area contributed by atoms with Gasteiger partial charge in [0.05, 0.1) is 0 Å². The summed E-state index contributed by atoms with van der Waals surface area (Å²) in [4.78, 5) is 0. The Morgan fingerprint density at radius 2 is 2.06 bits per heavy atom. The Morgan fingerprint density at radius 1 is 1.29 bits per heavy atom. The molecule has 1 fully saturated rings. The Morgan fingerprint density at radius 3 is 2.59 bits per heavy atom. The molecule has 1 aliphatic rings. The highest BCUT2D eigenvalue weighted by molar-refractivity contribution is 5.19. The minimum Gasteiger partial charge on any atom is -0.314 e. The van der Waals surface area contributed by atoms with Gasteiger partial charge < -0.3 is 5.32 Å². The van der Waals surface area contributed by atoms with E-state index >= 15 is 0 Å². The van der Waals surface area contributed by atoms with Crippen molar-refractivity contribution in [3.05, 3.63) is 35.4 Å². The Bertz CT molecular complexity index is 374. The number of halogens is 2. The first-order valence-corrected chi connectivity index (χ1v) is 6.38. The predicted octanol–water partition coefficient (Wildman–Crippen LogP) is 3.29. The molecule has 0 heterocycles. The lowest BCUT2D eigenvalue weighted by Crippen LogP contribution is -2.41. The van der Waals surface area contributed by atoms with Crippen LogP contribution in [0, 0.1) is 17.6 Å². The van der Waals surface area contributed by atoms with Crippen LogP contribution in [0.1, 0.15) is 31.7 Å². The average Bonchev–Trinajstić information content (AvgIpc) is 2.21. The van der Waals surface area contributed by atoms with Crippen LogP contribution in [0.15, 0.2) is 18.2 Å². The molecule has 17 heavy (non-hydrogen) atoms. The molecule has 0 aromatic heterocycles. The fourth-order valence-corrected chi connectivity index (χ4v) is 2.43. The zero-order valence-corrected chi connectivity index (χ0v) is 10.2. The molecule has 0 radical (unpaired) electrons. The van der Waals surface area contributed by atoms with Crippen LogP contribution in [0.25, 0.3) is 0 Å². The van der Waals surface area contributed by atoms with Gasteiger partial charge in [0.2, 0.25) is 0 Å². The first-order valence-electron chi connectivity index (χ1n) is 6.38. The summed E-state index contributed by atoms with van der Waals surface area (Å²) in [6, 6.07) is 4.62. The van der Waals surface area contributed by atoms with Gasteiger partial charge in [-0.25, -0.2) is 8.78 Å². The molecule has 1 aromatic rings. The van der Waals surface area contributed by atoms with Crippen molar-refractivity contribution in [1.82, 2.24) is 5.32 Å². The van der Waals surface area contributed by atoms with Crippen molar-refractivity contribution in [1.29, 1.82) is 0 Å². The van der Waals surface area contributed by atoms with Crippen molar-refractivity contribution in [3.8, 4) is 0 Å². The molecule has 1 nitrogen and oxygen atoms in total. The van der Waals surface area contributed by atoms with Gasteiger partial charge in [0.25, 0.3) is 0 Å². The van der Waals surface area contributed by atoms with Gasteiger partial charge in [-0.1, -0.05) is 19.4 Å². The van der Waals surface area contributed by atoms with E-state index in [0.29, 0.717) is 12.0 Å². The van der Waals surface area contributed by atoms with Crippen molar-refractivity contribution in [3.63, 3.8) is 0 Å². The summed E-state index contributed by atoms with van der Waals surface area (Å²) >= 11 is 0. The normalized spacial score (nSPS) is 17.8. The van der Waals surface area contributed by atoms with Gasteiger partial charge in [-0.15, -0.1) is 0 Å². The number of hydrogen-bond acceptors (Lipinski definition) is 1. The van der Waals surface area contributed by atoms with Crippen LogP contribution in [-0.4, -0.2) is 12.6 Å². The second-order valence-corrected chi connectivity index (χ2v) is 4.81. The van der Waals surface area contributed by atoms with Crippen LogP contribution in [0.3, 0.4) is 0 Å². The van der Waals surface area contributed by atoms with E-state index in [4.69, 9.17) is 0 Å². The number of likely N-dealkylation sites (N-methyl/N-ethyl adjacent to an activating group) is 1. The third-order valence-electron chi connectivity index (χ3n) is 3.62. The molecule has 3 heteroatoms. The van der Waals surface area contributed by atoms with Crippen molar-refractivity contribution in [2.45, 2.75) is 38.6 Å². The summed E-state index contributed by atoms with van der Waals surface area (Å²) in [5, 5.41) is 3.45. The van der Waals surface area contributed by atoms with E-state index in [1.807, 2.05) is 0 Å². The SMILES string of the molecule is CCNC(Cc1ccc(F)c(F)c1)C1CCC1. The molecule has 1 atom stereocenters. The summed E-state index contributed by atoms with van der Waals surface area (Å²) in [5.74, 6) is -0.813. The van der Waals surface area contributed by atoms with E-state index < -0.39 is 11.6 Å². The number of rotatable bonds is 5. The monoisotopic (exact) mass is 239 g/mol. The van der Waals surface area contributed by atoms with E-state index in [1.54, 1.807) is 6.07 Å². The first-order chi connectivity index (χ1) is 8.20. The Hall–Kier alpha value is -0.960. The standard InChI is InChI=1S/C14H19F2N/c1-2-17-14(11-4-3-5-11)9-10-6-7-12(15)13(16)8-10/h6-8,11,14,17H,2-5,9H2,1H3. The second-order valence-electron chi connectivity index (χ2n) is 4.81. The van der Waals surface area contributed by atoms with E-state index in [1.165, 1.54) is 31.4 Å². The molecule has 1 unspecified atom stereocenters. The highest BCUT2D eigenvalue weighted by Crippen LogP contribution is 2.31. The molecular weight excluding hydrogens is 220 g/mol. The molecule has 0 saturated heterocycles. The first kappa shape index (κ1) is 12.5. The van der Waals surface area contributed by atoms with Gasteiger partial charge >= 0.3 is 0 Å². The maximum absolute atomic E-state index is 13.1. The number of hydrogen-bond donors (Lipinski definition) is 1. The molecule has 0 bridgehead atoms. The van der Waals surface area contributed by atoms with Crippen LogP contribution < -0.4 is 5.32 Å². The van der Waals surface area contributed by atoms with Crippen LogP contribution >= 0.6 is 0 Å². The van der Waals surface area contributed by atoms with Gasteiger partial charge in [0.15, 0.2) is 11.6 Å². The van der Waals surface area contributed by atoms with E-state index in [9.17, 15) is 8.78 Å². The molecule has 1 aromatic carbocycles. The molecule has 0 aliphatic heterocycles. The Labute approximate surface area is 101 Å². The maximum atomic E-state index is 13.1. The zero-order valence-electron chi connectivity index (χ0n) is 10.2. The van der Waals surface area contributed by atoms with Crippen LogP contribution in [0.4, 0.5) is 8.78 Å². The quantitative estimate of drug-likeness (QED) is 0.831. The molecule has 1 N–H and O–H groups in total. The molecule has 94 valence electrons. The van der Waals surface area contributed by atoms with E-state index in [0.717, 1.165) is 18.5 Å². The number of benzene rings is 1. The fraction of sp³-hybridized carbons (Fsp3) is 0.571. The van der Waals surface area contributed by atoms with Gasteiger partial charge in [-0.2, -0.15) is 0 Å². The van der Waals surface area contributed by atoms with Crippen molar-refractivity contribution < 1.29 is 8.78 Å². The summed E-state index contributed by atoms with van der Waals surface area (Å²) < 4.78 is 25.9. The highest BCUT2D eigenvalue weighted by Gasteiger charge is 2.26. The zero-order chi connectivity index (χ0) is 12.3. The van der Waals surface area contributed by atoms with Gasteiger partial charge in [0.1, 0.15) is 0 Å². The van der Waals surface area contributed by atoms with Crippen molar-refractivity contribution in [2.75, 3.05) is 6.54 Å². The second kappa shape index (κ2) is 5.58. The van der Waals surface area contributed by atoms with Crippen LogP contribution in [0.5, 0.6) is 0 Å². The van der Waals surface area contributed by atoms with E-state index in [-0.39, 0.29) is 0 Å². The molecule has 1 aliphatic carbocycles. The van der Waals surface area contributed by atoms with E-state index in [2.05, 4.69) is 12.2 Å². The highest BCUT2D eigenvalue weighted by atomic mass is 19.2. The fourth-order valence-electron chi connectivity index (χ4n) is 2.43. The Kier molecular flexibility index (Phi) is 4.11. The summed E-state index contributed by atoms with van der Waals surface area (Å²) in [6.45, 7) is 3.00. The molecule has 0 spiro atoms. The largest absolute Gasteiger partial charge is 0.314 e. The average molecular weight is 239 g/mol.